The Kier molecular flexibility index (Phi) is 13.1. The Morgan fingerprint density at radius 2 is 1.45 bits per heavy atom. The third-order valence-electron chi connectivity index (χ3n) is 4.92. The third kappa shape index (κ3) is 11.5. The van der Waals surface area contributed by atoms with Crippen molar-refractivity contribution in [3.05, 3.63) is 47.5 Å². The molecule has 214 valence electrons. The predicted octanol–water partition coefficient (Wildman–Crippen LogP) is -2.34. The topological polar surface area (TPSA) is 217 Å². The molecule has 1 aromatic rings. The van der Waals surface area contributed by atoms with Crippen molar-refractivity contribution in [2.24, 2.45) is 0 Å². The lowest BCUT2D eigenvalue weighted by Crippen LogP contribution is -2.45. The van der Waals surface area contributed by atoms with Crippen LogP contribution in [0.5, 0.6) is 0 Å². The van der Waals surface area contributed by atoms with Gasteiger partial charge in [-0.1, -0.05) is 23.9 Å². The van der Waals surface area contributed by atoms with Crippen LogP contribution in [0.4, 0.5) is 0 Å². The van der Waals surface area contributed by atoms with Crippen LogP contribution >= 0.6 is 11.8 Å². The van der Waals surface area contributed by atoms with E-state index in [1.807, 2.05) is 0 Å². The standard InChI is InChI=1S/C24H27N5O10S/c30-17(12-27-20(33)14-40-24(38)16-3-1-2-15(10-16)23(36)37)26-13-19(32)28-18(31)11-25-6-8-39-9-7-29-21(34)4-5-22(29)35/h1-5,10,25H,6-9,11-14H2,(H,26,30)(H,27,33)(H,36,37)(H,28,31,32). The molecule has 1 aliphatic rings. The van der Waals surface area contributed by atoms with Gasteiger partial charge in [0.05, 0.1) is 50.7 Å². The van der Waals surface area contributed by atoms with Crippen LogP contribution in [0.2, 0.25) is 0 Å². The van der Waals surface area contributed by atoms with Gasteiger partial charge in [0.1, 0.15) is 0 Å². The molecule has 0 atom stereocenters. The number of benzene rings is 1. The number of carboxylic acid groups (broad SMARTS) is 1. The molecular weight excluding hydrogens is 550 g/mol. The maximum atomic E-state index is 12.1. The van der Waals surface area contributed by atoms with Crippen molar-refractivity contribution >= 4 is 58.3 Å². The summed E-state index contributed by atoms with van der Waals surface area (Å²) >= 11 is 0.632. The fourth-order valence-electron chi connectivity index (χ4n) is 2.96. The van der Waals surface area contributed by atoms with Crippen molar-refractivity contribution in [2.45, 2.75) is 0 Å². The van der Waals surface area contributed by atoms with E-state index < -0.39 is 59.6 Å². The van der Waals surface area contributed by atoms with Crippen LogP contribution in [0.25, 0.3) is 0 Å². The molecule has 0 unspecified atom stereocenters. The highest BCUT2D eigenvalue weighted by Gasteiger charge is 2.22. The molecule has 2 rings (SSSR count). The summed E-state index contributed by atoms with van der Waals surface area (Å²) < 4.78 is 5.27. The summed E-state index contributed by atoms with van der Waals surface area (Å²) in [4.78, 5) is 94.2. The number of carboxylic acids is 1. The second-order valence-corrected chi connectivity index (χ2v) is 8.89. The lowest BCUT2D eigenvalue weighted by molar-refractivity contribution is -0.138. The van der Waals surface area contributed by atoms with Crippen molar-refractivity contribution in [2.75, 3.05) is 51.7 Å². The van der Waals surface area contributed by atoms with Crippen LogP contribution in [0.15, 0.2) is 36.4 Å². The minimum absolute atomic E-state index is 0.0676. The molecule has 0 aromatic heterocycles. The van der Waals surface area contributed by atoms with E-state index in [0.29, 0.717) is 11.8 Å². The van der Waals surface area contributed by atoms with Gasteiger partial charge in [-0.2, -0.15) is 0 Å². The number of amides is 6. The fraction of sp³-hybridized carbons (Fsp3) is 0.333. The number of carbonyl (C=O) groups is 8. The van der Waals surface area contributed by atoms with E-state index in [9.17, 15) is 38.4 Å². The van der Waals surface area contributed by atoms with E-state index in [1.165, 1.54) is 36.4 Å². The molecule has 0 radical (unpaired) electrons. The van der Waals surface area contributed by atoms with Gasteiger partial charge in [-0.15, -0.1) is 0 Å². The van der Waals surface area contributed by atoms with E-state index in [1.54, 1.807) is 0 Å². The van der Waals surface area contributed by atoms with Crippen LogP contribution in [-0.2, 0) is 33.5 Å². The highest BCUT2D eigenvalue weighted by molar-refractivity contribution is 8.14. The highest BCUT2D eigenvalue weighted by atomic mass is 32.2. The number of hydrogen-bond acceptors (Lipinski definition) is 11. The van der Waals surface area contributed by atoms with E-state index in [4.69, 9.17) is 9.84 Å². The second-order valence-electron chi connectivity index (χ2n) is 7.94. The summed E-state index contributed by atoms with van der Waals surface area (Å²) in [5.74, 6) is -5.07. The van der Waals surface area contributed by atoms with Crippen LogP contribution in [0.3, 0.4) is 0 Å². The molecule has 0 spiro atoms. The van der Waals surface area contributed by atoms with Gasteiger partial charge in [0, 0.05) is 24.3 Å². The number of nitrogens with zero attached hydrogens (tertiary/aromatic N) is 1. The summed E-state index contributed by atoms with van der Waals surface area (Å²) in [6, 6.07) is 5.34. The summed E-state index contributed by atoms with van der Waals surface area (Å²) in [5.41, 5.74) is 0.0462. The first-order valence-corrected chi connectivity index (χ1v) is 12.7. The fourth-order valence-corrected chi connectivity index (χ4v) is 3.62. The molecule has 0 aliphatic carbocycles. The Bertz CT molecular complexity index is 1180. The highest BCUT2D eigenvalue weighted by Crippen LogP contribution is 2.14. The van der Waals surface area contributed by atoms with Crippen LogP contribution < -0.4 is 21.3 Å². The summed E-state index contributed by atoms with van der Waals surface area (Å²) in [7, 11) is 0. The van der Waals surface area contributed by atoms with Gasteiger partial charge in [0.25, 0.3) is 11.8 Å². The Morgan fingerprint density at radius 3 is 2.15 bits per heavy atom. The number of aromatic carboxylic acids is 1. The van der Waals surface area contributed by atoms with Crippen LogP contribution in [0.1, 0.15) is 20.7 Å². The number of nitrogens with one attached hydrogen (secondary N) is 4. The molecule has 6 amide bonds. The maximum Gasteiger partial charge on any atom is 0.335 e. The first-order chi connectivity index (χ1) is 19.1. The average molecular weight is 578 g/mol. The molecule has 5 N–H and O–H groups in total. The van der Waals surface area contributed by atoms with Crippen molar-refractivity contribution in [3.63, 3.8) is 0 Å². The zero-order valence-electron chi connectivity index (χ0n) is 21.1. The summed E-state index contributed by atoms with van der Waals surface area (Å²) in [6.45, 7) is -0.497. The Hall–Kier alpha value is -4.41. The van der Waals surface area contributed by atoms with Crippen molar-refractivity contribution < 1.29 is 48.2 Å². The number of hydrogen-bond donors (Lipinski definition) is 5. The number of imide groups is 2. The smallest absolute Gasteiger partial charge is 0.335 e. The van der Waals surface area contributed by atoms with Gasteiger partial charge in [-0.05, 0) is 12.1 Å². The van der Waals surface area contributed by atoms with Gasteiger partial charge >= 0.3 is 5.97 Å². The predicted molar refractivity (Wildman–Crippen MR) is 139 cm³/mol. The third-order valence-corrected chi connectivity index (χ3v) is 5.82. The van der Waals surface area contributed by atoms with E-state index in [-0.39, 0.29) is 49.7 Å². The first kappa shape index (κ1) is 31.8. The minimum atomic E-state index is -1.19. The molecule has 15 nitrogen and oxygen atoms in total. The van der Waals surface area contributed by atoms with Gasteiger partial charge in [0.2, 0.25) is 28.7 Å². The maximum absolute atomic E-state index is 12.1. The number of ether oxygens (including phenoxy) is 1. The number of carbonyl (C=O) groups excluding carboxylic acids is 7. The van der Waals surface area contributed by atoms with Crippen LogP contribution in [-0.4, -0.2) is 108 Å². The molecule has 40 heavy (non-hydrogen) atoms. The van der Waals surface area contributed by atoms with E-state index >= 15 is 0 Å². The molecule has 1 heterocycles. The average Bonchev–Trinajstić information content (AvgIpc) is 3.25. The lowest BCUT2D eigenvalue weighted by Gasteiger charge is -2.13. The van der Waals surface area contributed by atoms with Gasteiger partial charge in [0.15, 0.2) is 0 Å². The molecule has 0 saturated heterocycles. The Labute approximate surface area is 232 Å². The molecule has 0 saturated carbocycles. The largest absolute Gasteiger partial charge is 0.478 e. The zero-order valence-corrected chi connectivity index (χ0v) is 21.9. The van der Waals surface area contributed by atoms with Gasteiger partial charge < -0.3 is 25.8 Å². The van der Waals surface area contributed by atoms with Gasteiger partial charge in [-0.25, -0.2) is 4.79 Å². The van der Waals surface area contributed by atoms with Gasteiger partial charge in [-0.3, -0.25) is 43.8 Å². The Balaban J connectivity index is 1.50. The molecule has 1 aliphatic heterocycles. The first-order valence-electron chi connectivity index (χ1n) is 11.8. The molecule has 1 aromatic carbocycles. The zero-order chi connectivity index (χ0) is 29.5. The SMILES string of the molecule is O=C(CNC(=O)CSC(=O)c1cccc(C(=O)O)c1)NCC(=O)NC(=O)CNCCOCCN1C(=O)C=CC1=O. The van der Waals surface area contributed by atoms with E-state index in [0.717, 1.165) is 4.90 Å². The van der Waals surface area contributed by atoms with Crippen molar-refractivity contribution in [3.8, 4) is 0 Å². The van der Waals surface area contributed by atoms with Crippen molar-refractivity contribution in [1.29, 1.82) is 0 Å². The number of thioether (sulfide) groups is 1. The lowest BCUT2D eigenvalue weighted by atomic mass is 10.1. The molecule has 0 bridgehead atoms. The van der Waals surface area contributed by atoms with E-state index in [2.05, 4.69) is 21.3 Å². The number of rotatable bonds is 16. The quantitative estimate of drug-likeness (QED) is 0.103. The van der Waals surface area contributed by atoms with Crippen LogP contribution in [0, 0.1) is 0 Å². The second kappa shape index (κ2) is 16.5. The minimum Gasteiger partial charge on any atom is -0.478 e. The normalized spacial score (nSPS) is 12.2. The summed E-state index contributed by atoms with van der Waals surface area (Å²) in [6.07, 6.45) is 2.35. The monoisotopic (exact) mass is 577 g/mol. The molecular formula is C24H27N5O10S. The summed E-state index contributed by atoms with van der Waals surface area (Å²) in [5, 5.41) is 17.8. The molecule has 0 fully saturated rings. The van der Waals surface area contributed by atoms with Crippen molar-refractivity contribution in [1.82, 2.24) is 26.2 Å². The molecule has 16 heteroatoms. The Morgan fingerprint density at radius 1 is 0.825 bits per heavy atom.